The van der Waals surface area contributed by atoms with Gasteiger partial charge in [0.05, 0.1) is 0 Å². The average Bonchev–Trinajstić information content (AvgIpc) is 2.35. The SMILES string of the molecule is O=CNc1nnc(C(F)(F)F)s1. The molecule has 0 unspecified atom stereocenters. The third-order valence-corrected chi connectivity index (χ3v) is 1.75. The zero-order valence-corrected chi connectivity index (χ0v) is 6.24. The number of hydrogen-bond acceptors (Lipinski definition) is 4. The minimum absolute atomic E-state index is 0.169. The van der Waals surface area contributed by atoms with Crippen LogP contribution in [-0.4, -0.2) is 16.6 Å². The first-order chi connectivity index (χ1) is 5.54. The third-order valence-electron chi connectivity index (χ3n) is 0.850. The first-order valence-corrected chi connectivity index (χ1v) is 3.46. The molecule has 1 heterocycles. The summed E-state index contributed by atoms with van der Waals surface area (Å²) >= 11 is 0.275. The normalized spacial score (nSPS) is 11.2. The molecule has 0 aliphatic carbocycles. The molecular formula is C4H2F3N3OS. The van der Waals surface area contributed by atoms with Gasteiger partial charge in [-0.25, -0.2) is 0 Å². The molecule has 12 heavy (non-hydrogen) atoms. The number of nitrogens with zero attached hydrogens (tertiary/aromatic N) is 2. The molecule has 0 fully saturated rings. The minimum atomic E-state index is -4.50. The molecule has 0 radical (unpaired) electrons. The summed E-state index contributed by atoms with van der Waals surface area (Å²) in [5.74, 6) is 0. The summed E-state index contributed by atoms with van der Waals surface area (Å²) in [6, 6.07) is 0. The lowest BCUT2D eigenvalue weighted by Crippen LogP contribution is -2.03. The molecule has 0 saturated heterocycles. The molecule has 0 bridgehead atoms. The first-order valence-electron chi connectivity index (χ1n) is 2.65. The van der Waals surface area contributed by atoms with Crippen molar-refractivity contribution in [3.8, 4) is 0 Å². The van der Waals surface area contributed by atoms with Gasteiger partial charge >= 0.3 is 6.18 Å². The maximum Gasteiger partial charge on any atom is 0.445 e. The highest BCUT2D eigenvalue weighted by atomic mass is 32.1. The summed E-state index contributed by atoms with van der Waals surface area (Å²) in [4.78, 5) is 9.78. The fourth-order valence-corrected chi connectivity index (χ4v) is 1.02. The van der Waals surface area contributed by atoms with Gasteiger partial charge in [0.25, 0.3) is 0 Å². The standard InChI is InChI=1S/C4H2F3N3OS/c5-4(6,7)2-9-10-3(12-2)8-1-11/h1H,(H,8,10,11). The van der Waals surface area contributed by atoms with E-state index in [0.717, 1.165) is 0 Å². The number of amides is 1. The molecular weight excluding hydrogens is 195 g/mol. The van der Waals surface area contributed by atoms with E-state index in [1.165, 1.54) is 0 Å². The predicted octanol–water partition coefficient (Wildman–Crippen LogP) is 1.13. The van der Waals surface area contributed by atoms with Crippen LogP contribution in [0.4, 0.5) is 18.3 Å². The van der Waals surface area contributed by atoms with Gasteiger partial charge in [0, 0.05) is 0 Å². The molecule has 0 aliphatic heterocycles. The number of carbonyl (C=O) groups excluding carboxylic acids is 1. The molecule has 1 aromatic rings. The number of rotatable bonds is 2. The number of nitrogens with one attached hydrogen (secondary N) is 1. The Hall–Kier alpha value is -1.18. The van der Waals surface area contributed by atoms with Crippen molar-refractivity contribution < 1.29 is 18.0 Å². The van der Waals surface area contributed by atoms with Gasteiger partial charge < -0.3 is 5.32 Å². The van der Waals surface area contributed by atoms with Crippen LogP contribution in [0.2, 0.25) is 0 Å². The van der Waals surface area contributed by atoms with Crippen molar-refractivity contribution in [2.24, 2.45) is 0 Å². The number of alkyl halides is 3. The number of anilines is 1. The zero-order valence-electron chi connectivity index (χ0n) is 5.42. The molecule has 66 valence electrons. The van der Waals surface area contributed by atoms with E-state index in [4.69, 9.17) is 0 Å². The minimum Gasteiger partial charge on any atom is -0.303 e. The van der Waals surface area contributed by atoms with Crippen LogP contribution in [0.15, 0.2) is 0 Å². The summed E-state index contributed by atoms with van der Waals surface area (Å²) in [5.41, 5.74) is 0. The highest BCUT2D eigenvalue weighted by Crippen LogP contribution is 2.32. The van der Waals surface area contributed by atoms with E-state index < -0.39 is 11.2 Å². The molecule has 1 N–H and O–H groups in total. The lowest BCUT2D eigenvalue weighted by molar-refractivity contribution is -0.138. The van der Waals surface area contributed by atoms with E-state index in [1.807, 2.05) is 5.32 Å². The van der Waals surface area contributed by atoms with Gasteiger partial charge in [-0.3, -0.25) is 4.79 Å². The highest BCUT2D eigenvalue weighted by molar-refractivity contribution is 7.15. The molecule has 8 heteroatoms. The maximum absolute atomic E-state index is 11.8. The van der Waals surface area contributed by atoms with Gasteiger partial charge in [0.2, 0.25) is 16.5 Å². The van der Waals surface area contributed by atoms with E-state index >= 15 is 0 Å². The van der Waals surface area contributed by atoms with Gasteiger partial charge in [-0.15, -0.1) is 10.2 Å². The molecule has 1 amide bonds. The Morgan fingerprint density at radius 3 is 2.50 bits per heavy atom. The van der Waals surface area contributed by atoms with Crippen molar-refractivity contribution in [2.75, 3.05) is 5.32 Å². The van der Waals surface area contributed by atoms with Gasteiger partial charge in [-0.05, 0) is 0 Å². The van der Waals surface area contributed by atoms with E-state index in [-0.39, 0.29) is 22.9 Å². The van der Waals surface area contributed by atoms with Gasteiger partial charge in [-0.1, -0.05) is 11.3 Å². The third kappa shape index (κ3) is 1.91. The molecule has 4 nitrogen and oxygen atoms in total. The van der Waals surface area contributed by atoms with Crippen molar-refractivity contribution in [3.05, 3.63) is 5.01 Å². The molecule has 0 spiro atoms. The van der Waals surface area contributed by atoms with E-state index in [9.17, 15) is 18.0 Å². The van der Waals surface area contributed by atoms with Crippen LogP contribution in [0.3, 0.4) is 0 Å². The molecule has 0 atom stereocenters. The van der Waals surface area contributed by atoms with Crippen molar-refractivity contribution in [2.45, 2.75) is 6.18 Å². The Morgan fingerprint density at radius 1 is 1.42 bits per heavy atom. The Morgan fingerprint density at radius 2 is 2.08 bits per heavy atom. The van der Waals surface area contributed by atoms with Crippen LogP contribution in [0, 0.1) is 0 Å². The van der Waals surface area contributed by atoms with Gasteiger partial charge in [0.1, 0.15) is 0 Å². The van der Waals surface area contributed by atoms with E-state index in [1.54, 1.807) is 0 Å². The Balaban J connectivity index is 2.84. The monoisotopic (exact) mass is 197 g/mol. The Bertz CT molecular complexity index is 283. The Labute approximate surface area is 68.4 Å². The largest absolute Gasteiger partial charge is 0.445 e. The van der Waals surface area contributed by atoms with E-state index in [2.05, 4.69) is 10.2 Å². The first kappa shape index (κ1) is 8.91. The molecule has 0 saturated carbocycles. The van der Waals surface area contributed by atoms with Crippen LogP contribution >= 0.6 is 11.3 Å². The van der Waals surface area contributed by atoms with Crippen LogP contribution in [0.25, 0.3) is 0 Å². The second-order valence-corrected chi connectivity index (χ2v) is 2.65. The second kappa shape index (κ2) is 3.05. The fraction of sp³-hybridized carbons (Fsp3) is 0.250. The highest BCUT2D eigenvalue weighted by Gasteiger charge is 2.35. The molecule has 1 rings (SSSR count). The van der Waals surface area contributed by atoms with Crippen LogP contribution < -0.4 is 5.32 Å². The second-order valence-electron chi connectivity index (χ2n) is 1.67. The molecule has 0 aliphatic rings. The van der Waals surface area contributed by atoms with Crippen molar-refractivity contribution in [1.82, 2.24) is 10.2 Å². The number of aromatic nitrogens is 2. The predicted molar refractivity (Wildman–Crippen MR) is 34.6 cm³/mol. The van der Waals surface area contributed by atoms with Crippen LogP contribution in [-0.2, 0) is 11.0 Å². The smallest absolute Gasteiger partial charge is 0.303 e. The van der Waals surface area contributed by atoms with Crippen molar-refractivity contribution in [1.29, 1.82) is 0 Å². The summed E-state index contributed by atoms with van der Waals surface area (Å²) in [7, 11) is 0. The lowest BCUT2D eigenvalue weighted by Gasteiger charge is -1.97. The van der Waals surface area contributed by atoms with Crippen LogP contribution in [0.1, 0.15) is 5.01 Å². The Kier molecular flexibility index (Phi) is 2.27. The number of halogens is 3. The van der Waals surface area contributed by atoms with Crippen molar-refractivity contribution >= 4 is 22.9 Å². The topological polar surface area (TPSA) is 54.9 Å². The lowest BCUT2D eigenvalue weighted by atomic mass is 10.7. The number of hydrogen-bond donors (Lipinski definition) is 1. The van der Waals surface area contributed by atoms with Gasteiger partial charge in [-0.2, -0.15) is 13.2 Å². The summed E-state index contributed by atoms with van der Waals surface area (Å²) in [6.45, 7) is 0. The average molecular weight is 197 g/mol. The quantitative estimate of drug-likeness (QED) is 0.723. The zero-order chi connectivity index (χ0) is 9.19. The summed E-state index contributed by atoms with van der Waals surface area (Å²) < 4.78 is 35.5. The van der Waals surface area contributed by atoms with E-state index in [0.29, 0.717) is 0 Å². The fourth-order valence-electron chi connectivity index (χ4n) is 0.447. The molecule has 0 aromatic carbocycles. The summed E-state index contributed by atoms with van der Waals surface area (Å²) in [6.07, 6.45) is -4.26. The maximum atomic E-state index is 11.8. The van der Waals surface area contributed by atoms with Crippen LogP contribution in [0.5, 0.6) is 0 Å². The molecule has 1 aromatic heterocycles. The summed E-state index contributed by atoms with van der Waals surface area (Å²) in [5, 5.41) is 6.62. The van der Waals surface area contributed by atoms with Gasteiger partial charge in [0.15, 0.2) is 0 Å². The van der Waals surface area contributed by atoms with Crippen molar-refractivity contribution in [3.63, 3.8) is 0 Å². The number of carbonyl (C=O) groups is 1.